The Labute approximate surface area is 74.6 Å². The first-order valence-corrected chi connectivity index (χ1v) is 4.46. The number of hydrogen-bond donors (Lipinski definition) is 1. The van der Waals surface area contributed by atoms with Crippen LogP contribution in [-0.2, 0) is 0 Å². The van der Waals surface area contributed by atoms with Crippen molar-refractivity contribution in [1.82, 2.24) is 0 Å². The van der Waals surface area contributed by atoms with Crippen molar-refractivity contribution in [2.45, 2.75) is 32.7 Å². The van der Waals surface area contributed by atoms with Crippen LogP contribution in [0.3, 0.4) is 0 Å². The Bertz CT molecular complexity index is 207. The summed E-state index contributed by atoms with van der Waals surface area (Å²) in [5.41, 5.74) is 8.32. The first-order valence-electron chi connectivity index (χ1n) is 4.46. The summed E-state index contributed by atoms with van der Waals surface area (Å²) in [6.45, 7) is 6.39. The van der Waals surface area contributed by atoms with E-state index in [0.29, 0.717) is 5.92 Å². The van der Waals surface area contributed by atoms with Crippen LogP contribution in [0.15, 0.2) is 24.3 Å². The molecule has 0 spiro atoms. The van der Waals surface area contributed by atoms with Crippen molar-refractivity contribution in [2.75, 3.05) is 0 Å². The van der Waals surface area contributed by atoms with Gasteiger partial charge >= 0.3 is 0 Å². The van der Waals surface area contributed by atoms with E-state index in [1.54, 1.807) is 0 Å². The zero-order valence-electron chi connectivity index (χ0n) is 8.04. The summed E-state index contributed by atoms with van der Waals surface area (Å²) in [5, 5.41) is 0. The van der Waals surface area contributed by atoms with Crippen LogP contribution in [-0.4, -0.2) is 0 Å². The topological polar surface area (TPSA) is 26.0 Å². The molecule has 0 saturated carbocycles. The van der Waals surface area contributed by atoms with Gasteiger partial charge in [0.15, 0.2) is 0 Å². The number of rotatable bonds is 2. The smallest absolute Gasteiger partial charge is 0.0266 e. The quantitative estimate of drug-likeness (QED) is 0.712. The van der Waals surface area contributed by atoms with E-state index >= 15 is 0 Å². The van der Waals surface area contributed by atoms with Crippen LogP contribution in [0.25, 0.3) is 0 Å². The number of hydrogen-bond acceptors (Lipinski definition) is 1. The van der Waals surface area contributed by atoms with Gasteiger partial charge in [-0.3, -0.25) is 0 Å². The first kappa shape index (κ1) is 9.27. The van der Waals surface area contributed by atoms with E-state index in [-0.39, 0.29) is 6.04 Å². The molecule has 1 rings (SSSR count). The normalized spacial score (nSPS) is 13.4. The highest BCUT2D eigenvalue weighted by Crippen LogP contribution is 2.16. The molecular formula is C11H17N. The van der Waals surface area contributed by atoms with Gasteiger partial charge in [0.25, 0.3) is 0 Å². The third-order valence-corrected chi connectivity index (χ3v) is 2.13. The summed E-state index contributed by atoms with van der Waals surface area (Å²) < 4.78 is 0. The van der Waals surface area contributed by atoms with E-state index in [1.807, 2.05) is 6.92 Å². The third kappa shape index (κ3) is 2.08. The lowest BCUT2D eigenvalue weighted by Crippen LogP contribution is -2.04. The maximum Gasteiger partial charge on any atom is 0.0266 e. The Morgan fingerprint density at radius 1 is 0.917 bits per heavy atom. The minimum atomic E-state index is 0.145. The maximum atomic E-state index is 5.74. The lowest BCUT2D eigenvalue weighted by Gasteiger charge is -2.08. The maximum absolute atomic E-state index is 5.74. The van der Waals surface area contributed by atoms with Crippen LogP contribution < -0.4 is 5.73 Å². The molecule has 0 amide bonds. The van der Waals surface area contributed by atoms with Crippen molar-refractivity contribution < 1.29 is 0 Å². The molecule has 1 atom stereocenters. The molecule has 0 heterocycles. The highest BCUT2D eigenvalue weighted by molar-refractivity contribution is 5.26. The fraction of sp³-hybridized carbons (Fsp3) is 0.455. The molecule has 0 unspecified atom stereocenters. The van der Waals surface area contributed by atoms with Gasteiger partial charge in [0, 0.05) is 6.04 Å². The van der Waals surface area contributed by atoms with Crippen molar-refractivity contribution in [2.24, 2.45) is 5.73 Å². The molecule has 0 aliphatic heterocycles. The molecule has 1 aromatic rings. The van der Waals surface area contributed by atoms with Crippen LogP contribution in [0.5, 0.6) is 0 Å². The summed E-state index contributed by atoms with van der Waals surface area (Å²) in [4.78, 5) is 0. The molecule has 0 aromatic heterocycles. The number of nitrogens with two attached hydrogens (primary N) is 1. The lowest BCUT2D eigenvalue weighted by atomic mass is 10.00. The average molecular weight is 163 g/mol. The van der Waals surface area contributed by atoms with Gasteiger partial charge in [-0.25, -0.2) is 0 Å². The molecule has 66 valence electrons. The number of benzene rings is 1. The van der Waals surface area contributed by atoms with Crippen molar-refractivity contribution >= 4 is 0 Å². The predicted octanol–water partition coefficient (Wildman–Crippen LogP) is 2.83. The Balaban J connectivity index is 2.86. The van der Waals surface area contributed by atoms with Crippen molar-refractivity contribution in [3.05, 3.63) is 35.4 Å². The third-order valence-electron chi connectivity index (χ3n) is 2.13. The van der Waals surface area contributed by atoms with E-state index in [1.165, 1.54) is 11.1 Å². The molecular weight excluding hydrogens is 146 g/mol. The predicted molar refractivity (Wildman–Crippen MR) is 53.1 cm³/mol. The monoisotopic (exact) mass is 163 g/mol. The van der Waals surface area contributed by atoms with Gasteiger partial charge in [0.05, 0.1) is 0 Å². The van der Waals surface area contributed by atoms with E-state index in [4.69, 9.17) is 5.73 Å². The highest BCUT2D eigenvalue weighted by Gasteiger charge is 2.00. The van der Waals surface area contributed by atoms with E-state index < -0.39 is 0 Å². The molecule has 2 N–H and O–H groups in total. The minimum Gasteiger partial charge on any atom is -0.324 e. The summed E-state index contributed by atoms with van der Waals surface area (Å²) >= 11 is 0. The summed E-state index contributed by atoms with van der Waals surface area (Å²) in [7, 11) is 0. The SMILES string of the molecule is CC(C)c1ccc([C@H](C)N)cc1. The molecule has 0 bridgehead atoms. The summed E-state index contributed by atoms with van der Waals surface area (Å²) in [5.74, 6) is 0.604. The fourth-order valence-electron chi connectivity index (χ4n) is 1.18. The molecule has 0 aliphatic carbocycles. The molecule has 1 nitrogen and oxygen atoms in total. The summed E-state index contributed by atoms with van der Waals surface area (Å²) in [6, 6.07) is 8.68. The van der Waals surface area contributed by atoms with Crippen LogP contribution >= 0.6 is 0 Å². The molecule has 0 fully saturated rings. The van der Waals surface area contributed by atoms with Gasteiger partial charge in [0.2, 0.25) is 0 Å². The van der Waals surface area contributed by atoms with Gasteiger partial charge in [-0.2, -0.15) is 0 Å². The van der Waals surface area contributed by atoms with E-state index in [0.717, 1.165) is 0 Å². The van der Waals surface area contributed by atoms with E-state index in [9.17, 15) is 0 Å². The zero-order chi connectivity index (χ0) is 9.14. The second-order valence-corrected chi connectivity index (χ2v) is 3.61. The van der Waals surface area contributed by atoms with Crippen molar-refractivity contribution in [1.29, 1.82) is 0 Å². The van der Waals surface area contributed by atoms with Crippen LogP contribution in [0.1, 0.15) is 43.9 Å². The molecule has 1 heteroatoms. The van der Waals surface area contributed by atoms with Gasteiger partial charge < -0.3 is 5.73 Å². The second kappa shape index (κ2) is 3.72. The first-order chi connectivity index (χ1) is 5.61. The molecule has 0 saturated heterocycles. The zero-order valence-corrected chi connectivity index (χ0v) is 8.04. The lowest BCUT2D eigenvalue weighted by molar-refractivity contribution is 0.811. The molecule has 1 aromatic carbocycles. The molecule has 12 heavy (non-hydrogen) atoms. The van der Waals surface area contributed by atoms with Gasteiger partial charge in [-0.1, -0.05) is 38.1 Å². The Kier molecular flexibility index (Phi) is 2.88. The minimum absolute atomic E-state index is 0.145. The van der Waals surface area contributed by atoms with Crippen molar-refractivity contribution in [3.63, 3.8) is 0 Å². The molecule has 0 aliphatic rings. The van der Waals surface area contributed by atoms with Crippen LogP contribution in [0.2, 0.25) is 0 Å². The van der Waals surface area contributed by atoms with Gasteiger partial charge in [-0.05, 0) is 24.0 Å². The van der Waals surface area contributed by atoms with Crippen molar-refractivity contribution in [3.8, 4) is 0 Å². The Morgan fingerprint density at radius 2 is 1.33 bits per heavy atom. The summed E-state index contributed by atoms with van der Waals surface area (Å²) in [6.07, 6.45) is 0. The highest BCUT2D eigenvalue weighted by atomic mass is 14.6. The Morgan fingerprint density at radius 3 is 1.67 bits per heavy atom. The van der Waals surface area contributed by atoms with E-state index in [2.05, 4.69) is 38.1 Å². The van der Waals surface area contributed by atoms with Gasteiger partial charge in [0.1, 0.15) is 0 Å². The van der Waals surface area contributed by atoms with Crippen LogP contribution in [0, 0.1) is 0 Å². The largest absolute Gasteiger partial charge is 0.324 e. The second-order valence-electron chi connectivity index (χ2n) is 3.61. The van der Waals surface area contributed by atoms with Gasteiger partial charge in [-0.15, -0.1) is 0 Å². The Hall–Kier alpha value is -0.820. The van der Waals surface area contributed by atoms with Crippen LogP contribution in [0.4, 0.5) is 0 Å². The standard InChI is InChI=1S/C11H17N/c1-8(2)10-4-6-11(7-5-10)9(3)12/h4-9H,12H2,1-3H3/t9-/m0/s1. The average Bonchev–Trinajstić information content (AvgIpc) is 2.04. The fourth-order valence-corrected chi connectivity index (χ4v) is 1.18. The molecule has 0 radical (unpaired) electrons.